The molecule has 1 saturated heterocycles. The Labute approximate surface area is 128 Å². The molecule has 0 aromatic carbocycles. The van der Waals surface area contributed by atoms with E-state index < -0.39 is 0 Å². The molecule has 0 atom stereocenters. The van der Waals surface area contributed by atoms with Gasteiger partial charge in [-0.15, -0.1) is 0 Å². The molecule has 1 aliphatic rings. The lowest BCUT2D eigenvalue weighted by atomic mass is 10.0. The molecule has 112 valence electrons. The number of anilines is 1. The smallest absolute Gasteiger partial charge is 0.241 e. The topological polar surface area (TPSA) is 69.0 Å². The van der Waals surface area contributed by atoms with Crippen LogP contribution in [0, 0.1) is 5.92 Å². The largest absolute Gasteiger partial charge is 0.381 e. The number of hydrogen-bond donors (Lipinski definition) is 0. The first kappa shape index (κ1) is 14.2. The molecule has 0 amide bonds. The van der Waals surface area contributed by atoms with Gasteiger partial charge in [-0.2, -0.15) is 15.0 Å². The number of ether oxygens (including phenoxy) is 1. The van der Waals surface area contributed by atoms with E-state index in [1.807, 2.05) is 11.9 Å². The van der Waals surface area contributed by atoms with E-state index in [2.05, 4.69) is 19.9 Å². The highest BCUT2D eigenvalue weighted by Gasteiger charge is 2.18. The average Bonchev–Trinajstić information content (AvgIpc) is 3.02. The van der Waals surface area contributed by atoms with Crippen molar-refractivity contribution in [3.8, 4) is 5.95 Å². The Balaban J connectivity index is 1.77. The van der Waals surface area contributed by atoms with Gasteiger partial charge in [0, 0.05) is 39.2 Å². The van der Waals surface area contributed by atoms with Crippen molar-refractivity contribution in [2.24, 2.45) is 5.92 Å². The van der Waals surface area contributed by atoms with Gasteiger partial charge in [0.15, 0.2) is 0 Å². The Kier molecular flexibility index (Phi) is 4.31. The maximum absolute atomic E-state index is 6.01. The second-order valence-electron chi connectivity index (χ2n) is 5.11. The maximum atomic E-state index is 6.01. The summed E-state index contributed by atoms with van der Waals surface area (Å²) in [6.07, 6.45) is 7.21. The summed E-state index contributed by atoms with van der Waals surface area (Å²) in [6.45, 7) is 2.54. The van der Waals surface area contributed by atoms with Crippen molar-refractivity contribution < 1.29 is 4.74 Å². The van der Waals surface area contributed by atoms with Crippen molar-refractivity contribution in [1.82, 2.24) is 24.5 Å². The van der Waals surface area contributed by atoms with Gasteiger partial charge in [-0.05, 0) is 30.4 Å². The Morgan fingerprint density at radius 2 is 2.14 bits per heavy atom. The molecule has 0 bridgehead atoms. The third-order valence-corrected chi connectivity index (χ3v) is 3.70. The maximum Gasteiger partial charge on any atom is 0.241 e. The Hall–Kier alpha value is -1.73. The SMILES string of the molecule is CN(CC1CCOCC1)c1nc(Cl)nc(-n2ccnc2)n1. The molecule has 2 aromatic rings. The quantitative estimate of drug-likeness (QED) is 0.854. The summed E-state index contributed by atoms with van der Waals surface area (Å²) in [5.41, 5.74) is 0. The van der Waals surface area contributed by atoms with Crippen molar-refractivity contribution in [3.05, 3.63) is 24.0 Å². The lowest BCUT2D eigenvalue weighted by Gasteiger charge is -2.27. The summed E-state index contributed by atoms with van der Waals surface area (Å²) >= 11 is 6.01. The van der Waals surface area contributed by atoms with Crippen molar-refractivity contribution in [3.63, 3.8) is 0 Å². The molecule has 0 spiro atoms. The van der Waals surface area contributed by atoms with E-state index in [9.17, 15) is 0 Å². The van der Waals surface area contributed by atoms with Crippen LogP contribution in [0.5, 0.6) is 0 Å². The molecule has 7 nitrogen and oxygen atoms in total. The number of nitrogens with zero attached hydrogens (tertiary/aromatic N) is 6. The molecular formula is C13H17ClN6O. The van der Waals surface area contributed by atoms with E-state index >= 15 is 0 Å². The van der Waals surface area contributed by atoms with Crippen LogP contribution in [0.25, 0.3) is 5.95 Å². The van der Waals surface area contributed by atoms with Crippen LogP contribution < -0.4 is 4.90 Å². The minimum Gasteiger partial charge on any atom is -0.381 e. The lowest BCUT2D eigenvalue weighted by Crippen LogP contribution is -2.31. The van der Waals surface area contributed by atoms with E-state index in [4.69, 9.17) is 16.3 Å². The van der Waals surface area contributed by atoms with Crippen LogP contribution >= 0.6 is 11.6 Å². The van der Waals surface area contributed by atoms with Gasteiger partial charge in [0.1, 0.15) is 6.33 Å². The van der Waals surface area contributed by atoms with Gasteiger partial charge >= 0.3 is 0 Å². The fourth-order valence-electron chi connectivity index (χ4n) is 2.39. The Bertz CT molecular complexity index is 584. The van der Waals surface area contributed by atoms with Crippen LogP contribution in [0.4, 0.5) is 5.95 Å². The highest BCUT2D eigenvalue weighted by molar-refractivity contribution is 6.28. The van der Waals surface area contributed by atoms with Gasteiger partial charge < -0.3 is 9.64 Å². The summed E-state index contributed by atoms with van der Waals surface area (Å²) < 4.78 is 7.09. The summed E-state index contributed by atoms with van der Waals surface area (Å²) in [6, 6.07) is 0. The highest BCUT2D eigenvalue weighted by Crippen LogP contribution is 2.19. The number of hydrogen-bond acceptors (Lipinski definition) is 6. The van der Waals surface area contributed by atoms with Crippen LogP contribution in [-0.4, -0.2) is 51.3 Å². The minimum atomic E-state index is 0.183. The van der Waals surface area contributed by atoms with E-state index in [0.717, 1.165) is 32.6 Å². The number of rotatable bonds is 4. The monoisotopic (exact) mass is 308 g/mol. The molecule has 1 aliphatic heterocycles. The summed E-state index contributed by atoms with van der Waals surface area (Å²) in [5, 5.41) is 0.183. The summed E-state index contributed by atoms with van der Waals surface area (Å²) in [7, 11) is 1.97. The lowest BCUT2D eigenvalue weighted by molar-refractivity contribution is 0.0684. The Morgan fingerprint density at radius 1 is 1.33 bits per heavy atom. The molecule has 8 heteroatoms. The van der Waals surface area contributed by atoms with E-state index in [1.165, 1.54) is 0 Å². The Morgan fingerprint density at radius 3 is 2.86 bits per heavy atom. The molecular weight excluding hydrogens is 292 g/mol. The van der Waals surface area contributed by atoms with Crippen LogP contribution in [0.1, 0.15) is 12.8 Å². The molecule has 0 saturated carbocycles. The van der Waals surface area contributed by atoms with Gasteiger partial charge in [-0.1, -0.05) is 0 Å². The third-order valence-electron chi connectivity index (χ3n) is 3.53. The average molecular weight is 309 g/mol. The number of aromatic nitrogens is 5. The number of halogens is 1. The molecule has 0 N–H and O–H groups in total. The van der Waals surface area contributed by atoms with E-state index in [0.29, 0.717) is 17.8 Å². The van der Waals surface area contributed by atoms with Gasteiger partial charge in [0.25, 0.3) is 0 Å². The fraction of sp³-hybridized carbons (Fsp3) is 0.538. The van der Waals surface area contributed by atoms with Gasteiger partial charge in [-0.3, -0.25) is 4.57 Å². The molecule has 1 fully saturated rings. The summed E-state index contributed by atoms with van der Waals surface area (Å²) in [5.74, 6) is 1.64. The predicted molar refractivity (Wildman–Crippen MR) is 78.8 cm³/mol. The zero-order chi connectivity index (χ0) is 14.7. The van der Waals surface area contributed by atoms with Crippen molar-refractivity contribution >= 4 is 17.5 Å². The van der Waals surface area contributed by atoms with Crippen LogP contribution in [0.2, 0.25) is 5.28 Å². The van der Waals surface area contributed by atoms with E-state index in [-0.39, 0.29) is 5.28 Å². The van der Waals surface area contributed by atoms with Crippen molar-refractivity contribution in [1.29, 1.82) is 0 Å². The highest BCUT2D eigenvalue weighted by atomic mass is 35.5. The normalized spacial score (nSPS) is 16.1. The number of imidazole rings is 1. The van der Waals surface area contributed by atoms with Crippen molar-refractivity contribution in [2.45, 2.75) is 12.8 Å². The van der Waals surface area contributed by atoms with Crippen molar-refractivity contribution in [2.75, 3.05) is 31.7 Å². The van der Waals surface area contributed by atoms with Crippen LogP contribution in [-0.2, 0) is 4.74 Å². The van der Waals surface area contributed by atoms with Crippen LogP contribution in [0.15, 0.2) is 18.7 Å². The van der Waals surface area contributed by atoms with Crippen LogP contribution in [0.3, 0.4) is 0 Å². The van der Waals surface area contributed by atoms with Gasteiger partial charge in [0.2, 0.25) is 17.2 Å². The standard InChI is InChI=1S/C13H17ClN6O/c1-19(8-10-2-6-21-7-3-10)12-16-11(14)17-13(18-12)20-5-4-15-9-20/h4-5,9-10H,2-3,6-8H2,1H3. The molecule has 3 rings (SSSR count). The predicted octanol–water partition coefficient (Wildman–Crippen LogP) is 1.57. The molecule has 21 heavy (non-hydrogen) atoms. The molecule has 0 radical (unpaired) electrons. The fourth-order valence-corrected chi connectivity index (χ4v) is 2.54. The molecule has 0 unspecified atom stereocenters. The first-order valence-corrected chi connectivity index (χ1v) is 7.29. The second-order valence-corrected chi connectivity index (χ2v) is 5.45. The van der Waals surface area contributed by atoms with Gasteiger partial charge in [0.05, 0.1) is 0 Å². The molecule has 3 heterocycles. The minimum absolute atomic E-state index is 0.183. The molecule has 2 aromatic heterocycles. The summed E-state index contributed by atoms with van der Waals surface area (Å²) in [4.78, 5) is 18.8. The zero-order valence-corrected chi connectivity index (χ0v) is 12.6. The van der Waals surface area contributed by atoms with E-state index in [1.54, 1.807) is 23.3 Å². The first-order valence-electron chi connectivity index (χ1n) is 6.91. The second kappa shape index (κ2) is 6.36. The van der Waals surface area contributed by atoms with Gasteiger partial charge in [-0.25, -0.2) is 4.98 Å². The third kappa shape index (κ3) is 3.48. The molecule has 0 aliphatic carbocycles. The zero-order valence-electron chi connectivity index (χ0n) is 11.8. The first-order chi connectivity index (χ1) is 10.2.